The Labute approximate surface area is 119 Å². The molecule has 2 fully saturated rings. The van der Waals surface area contributed by atoms with Crippen LogP contribution in [-0.2, 0) is 0 Å². The molecule has 0 radical (unpaired) electrons. The van der Waals surface area contributed by atoms with Gasteiger partial charge in [-0.15, -0.1) is 6.58 Å². The Balaban J connectivity index is 1.95. The first-order valence-corrected chi connectivity index (χ1v) is 8.26. The summed E-state index contributed by atoms with van der Waals surface area (Å²) in [5, 5.41) is 0. The van der Waals surface area contributed by atoms with Crippen molar-refractivity contribution in [2.45, 2.75) is 58.3 Å². The summed E-state index contributed by atoms with van der Waals surface area (Å²) in [6.07, 6.45) is 22.6. The molecule has 0 heterocycles. The molecule has 0 aromatic carbocycles. The van der Waals surface area contributed by atoms with E-state index in [0.717, 1.165) is 30.1 Å². The van der Waals surface area contributed by atoms with E-state index in [0.29, 0.717) is 0 Å². The molecule has 0 saturated heterocycles. The molecule has 0 nitrogen and oxygen atoms in total. The second-order valence-corrected chi connectivity index (χ2v) is 6.56. The highest BCUT2D eigenvalue weighted by Gasteiger charge is 2.31. The molecule has 2 aliphatic carbocycles. The number of hydrogen-bond acceptors (Lipinski definition) is 0. The Morgan fingerprint density at radius 3 is 1.89 bits per heavy atom. The molecule has 0 spiro atoms. The van der Waals surface area contributed by atoms with E-state index in [1.54, 1.807) is 0 Å². The smallest absolute Gasteiger partial charge is 0.0172 e. The Morgan fingerprint density at radius 2 is 1.42 bits per heavy atom. The van der Waals surface area contributed by atoms with Crippen LogP contribution in [0.2, 0.25) is 0 Å². The summed E-state index contributed by atoms with van der Waals surface area (Å²) in [6.45, 7) is 6.04. The number of fused-ring (bicyclic) bond motifs is 3. The summed E-state index contributed by atoms with van der Waals surface area (Å²) in [4.78, 5) is 0. The van der Waals surface area contributed by atoms with E-state index in [-0.39, 0.29) is 0 Å². The molecule has 2 atom stereocenters. The van der Waals surface area contributed by atoms with Crippen molar-refractivity contribution < 1.29 is 0 Å². The predicted octanol–water partition coefficient (Wildman–Crippen LogP) is 5.92. The van der Waals surface area contributed by atoms with E-state index in [1.807, 2.05) is 6.08 Å². The lowest BCUT2D eigenvalue weighted by Crippen LogP contribution is -2.15. The van der Waals surface area contributed by atoms with E-state index in [9.17, 15) is 0 Å². The van der Waals surface area contributed by atoms with Crippen molar-refractivity contribution in [1.82, 2.24) is 0 Å². The minimum atomic E-state index is 0.841. The Bertz CT molecular complexity index is 307. The van der Waals surface area contributed by atoms with Gasteiger partial charge in [0.25, 0.3) is 0 Å². The molecule has 0 heteroatoms. The lowest BCUT2D eigenvalue weighted by molar-refractivity contribution is 0.299. The third-order valence-electron chi connectivity index (χ3n) is 4.88. The van der Waals surface area contributed by atoms with Crippen LogP contribution in [-0.4, -0.2) is 0 Å². The van der Waals surface area contributed by atoms with Crippen LogP contribution in [0.4, 0.5) is 0 Å². The van der Waals surface area contributed by atoms with Gasteiger partial charge >= 0.3 is 0 Å². The van der Waals surface area contributed by atoms with Gasteiger partial charge in [0.05, 0.1) is 0 Å². The van der Waals surface area contributed by atoms with Crippen LogP contribution >= 0.6 is 0 Å². The first-order chi connectivity index (χ1) is 9.31. The highest BCUT2D eigenvalue weighted by atomic mass is 14.4. The van der Waals surface area contributed by atoms with Crippen molar-refractivity contribution in [1.29, 1.82) is 0 Å². The molecular weight excluding hydrogens is 228 g/mol. The van der Waals surface area contributed by atoms with Crippen LogP contribution in [0.5, 0.6) is 0 Å². The summed E-state index contributed by atoms with van der Waals surface area (Å²) in [7, 11) is 0. The standard InChI is InChI=1S/C19H30/c1-3-5-7-9-17-14-18-10-11-19(15-17)13-16(12-18)8-6-4-2/h3,6-9,16-19H,1,4-5,10-15H2,2H3. The zero-order valence-electron chi connectivity index (χ0n) is 12.6. The fourth-order valence-electron chi connectivity index (χ4n) is 4.05. The Morgan fingerprint density at radius 1 is 0.895 bits per heavy atom. The van der Waals surface area contributed by atoms with Gasteiger partial charge in [-0.05, 0) is 62.2 Å². The molecule has 2 saturated carbocycles. The van der Waals surface area contributed by atoms with Crippen LogP contribution in [0, 0.1) is 23.7 Å². The average Bonchev–Trinajstić information content (AvgIpc) is 2.68. The monoisotopic (exact) mass is 258 g/mol. The molecule has 2 rings (SSSR count). The van der Waals surface area contributed by atoms with E-state index in [2.05, 4.69) is 37.8 Å². The summed E-state index contributed by atoms with van der Waals surface area (Å²) in [6, 6.07) is 0. The van der Waals surface area contributed by atoms with Crippen LogP contribution in [0.3, 0.4) is 0 Å². The normalized spacial score (nSPS) is 35.6. The van der Waals surface area contributed by atoms with E-state index in [1.165, 1.54) is 44.9 Å². The fraction of sp³-hybridized carbons (Fsp3) is 0.684. The van der Waals surface area contributed by atoms with Crippen molar-refractivity contribution in [3.05, 3.63) is 37.0 Å². The minimum absolute atomic E-state index is 0.841. The third-order valence-corrected chi connectivity index (χ3v) is 4.88. The second kappa shape index (κ2) is 7.72. The average molecular weight is 258 g/mol. The van der Waals surface area contributed by atoms with Gasteiger partial charge in [0.1, 0.15) is 0 Å². The first-order valence-electron chi connectivity index (χ1n) is 8.26. The number of rotatable bonds is 5. The van der Waals surface area contributed by atoms with Crippen LogP contribution < -0.4 is 0 Å². The van der Waals surface area contributed by atoms with Gasteiger partial charge in [-0.25, -0.2) is 0 Å². The molecule has 2 unspecified atom stereocenters. The van der Waals surface area contributed by atoms with Gasteiger partial charge in [-0.3, -0.25) is 0 Å². The van der Waals surface area contributed by atoms with Crippen LogP contribution in [0.25, 0.3) is 0 Å². The van der Waals surface area contributed by atoms with Gasteiger partial charge in [-0.1, -0.05) is 50.1 Å². The van der Waals surface area contributed by atoms with Crippen molar-refractivity contribution >= 4 is 0 Å². The second-order valence-electron chi connectivity index (χ2n) is 6.56. The zero-order valence-corrected chi connectivity index (χ0v) is 12.6. The van der Waals surface area contributed by atoms with Gasteiger partial charge in [0.2, 0.25) is 0 Å². The van der Waals surface area contributed by atoms with E-state index >= 15 is 0 Å². The third kappa shape index (κ3) is 4.67. The first kappa shape index (κ1) is 14.6. The summed E-state index contributed by atoms with van der Waals surface area (Å²) in [5.74, 6) is 3.65. The quantitative estimate of drug-likeness (QED) is 0.537. The number of allylic oxidation sites excluding steroid dienone is 5. The molecule has 19 heavy (non-hydrogen) atoms. The van der Waals surface area contributed by atoms with E-state index < -0.39 is 0 Å². The maximum atomic E-state index is 3.80. The lowest BCUT2D eigenvalue weighted by Gasteiger charge is -2.26. The summed E-state index contributed by atoms with van der Waals surface area (Å²) < 4.78 is 0. The maximum absolute atomic E-state index is 3.80. The predicted molar refractivity (Wildman–Crippen MR) is 85.0 cm³/mol. The lowest BCUT2D eigenvalue weighted by atomic mass is 9.79. The minimum Gasteiger partial charge on any atom is -0.103 e. The molecule has 106 valence electrons. The molecule has 0 aromatic rings. The van der Waals surface area contributed by atoms with E-state index in [4.69, 9.17) is 0 Å². The SMILES string of the molecule is C=CCC=CC1CC2CCC(CC(C=CCC)C2)C1. The fourth-order valence-corrected chi connectivity index (χ4v) is 4.05. The summed E-state index contributed by atoms with van der Waals surface area (Å²) >= 11 is 0. The molecule has 0 amide bonds. The van der Waals surface area contributed by atoms with Crippen molar-refractivity contribution in [2.75, 3.05) is 0 Å². The Kier molecular flexibility index (Phi) is 5.94. The highest BCUT2D eigenvalue weighted by molar-refractivity contribution is 4.99. The van der Waals surface area contributed by atoms with Crippen molar-refractivity contribution in [3.8, 4) is 0 Å². The van der Waals surface area contributed by atoms with Gasteiger partial charge < -0.3 is 0 Å². The van der Waals surface area contributed by atoms with Gasteiger partial charge in [0.15, 0.2) is 0 Å². The molecule has 2 aliphatic rings. The van der Waals surface area contributed by atoms with Crippen LogP contribution in [0.15, 0.2) is 37.0 Å². The molecule has 2 bridgehead atoms. The largest absolute Gasteiger partial charge is 0.103 e. The molecule has 0 aromatic heterocycles. The van der Waals surface area contributed by atoms with Crippen molar-refractivity contribution in [2.24, 2.45) is 23.7 Å². The highest BCUT2D eigenvalue weighted by Crippen LogP contribution is 2.43. The molecule has 0 aliphatic heterocycles. The van der Waals surface area contributed by atoms with Crippen LogP contribution in [0.1, 0.15) is 58.3 Å². The number of hydrogen-bond donors (Lipinski definition) is 0. The topological polar surface area (TPSA) is 0 Å². The summed E-state index contributed by atoms with van der Waals surface area (Å²) in [5.41, 5.74) is 0. The zero-order chi connectivity index (χ0) is 13.5. The van der Waals surface area contributed by atoms with Crippen molar-refractivity contribution in [3.63, 3.8) is 0 Å². The van der Waals surface area contributed by atoms with Gasteiger partial charge in [0, 0.05) is 0 Å². The Hall–Kier alpha value is -0.780. The van der Waals surface area contributed by atoms with Gasteiger partial charge in [-0.2, -0.15) is 0 Å². The maximum Gasteiger partial charge on any atom is -0.0172 e. The molecule has 0 N–H and O–H groups in total. The molecular formula is C19H30.